The molecule has 0 radical (unpaired) electrons. The number of aromatic carboxylic acids is 1. The zero-order valence-electron chi connectivity index (χ0n) is 9.31. The van der Waals surface area contributed by atoms with E-state index in [0.717, 1.165) is 36.1 Å². The number of aliphatic hydroxyl groups is 1. The van der Waals surface area contributed by atoms with Crippen molar-refractivity contribution in [1.29, 1.82) is 0 Å². The number of nitrogens with one attached hydrogen (secondary N) is 1. The molecule has 0 saturated carbocycles. The Labute approximate surface area is 98.1 Å². The third-order valence-corrected chi connectivity index (χ3v) is 2.60. The fourth-order valence-corrected chi connectivity index (χ4v) is 1.72. The van der Waals surface area contributed by atoms with Gasteiger partial charge in [-0.25, -0.2) is 9.78 Å². The number of hydrogen-bond donors (Lipinski definition) is 3. The molecular formula is C12H14N2O3. The van der Waals surface area contributed by atoms with E-state index >= 15 is 0 Å². The van der Waals surface area contributed by atoms with Crippen LogP contribution in [0.3, 0.4) is 0 Å². The SMILES string of the molecule is O=C(O)c1ccc2nc(CCCCO)[nH]c2c1. The van der Waals surface area contributed by atoms with Crippen LogP contribution in [0.4, 0.5) is 0 Å². The van der Waals surface area contributed by atoms with E-state index in [1.807, 2.05) is 0 Å². The molecule has 0 aliphatic rings. The van der Waals surface area contributed by atoms with E-state index in [-0.39, 0.29) is 12.2 Å². The number of aromatic nitrogens is 2. The lowest BCUT2D eigenvalue weighted by molar-refractivity contribution is 0.0697. The highest BCUT2D eigenvalue weighted by atomic mass is 16.4. The number of benzene rings is 1. The number of carboxylic acid groups (broad SMARTS) is 1. The largest absolute Gasteiger partial charge is 0.478 e. The van der Waals surface area contributed by atoms with Crippen LogP contribution in [0.15, 0.2) is 18.2 Å². The topological polar surface area (TPSA) is 86.2 Å². The summed E-state index contributed by atoms with van der Waals surface area (Å²) in [6.07, 6.45) is 2.37. The number of nitrogens with zero attached hydrogens (tertiary/aromatic N) is 1. The monoisotopic (exact) mass is 234 g/mol. The van der Waals surface area contributed by atoms with Gasteiger partial charge in [0.25, 0.3) is 0 Å². The summed E-state index contributed by atoms with van der Waals surface area (Å²) in [5.41, 5.74) is 1.76. The lowest BCUT2D eigenvalue weighted by Crippen LogP contribution is -1.94. The Balaban J connectivity index is 2.21. The first kappa shape index (κ1) is 11.6. The summed E-state index contributed by atoms with van der Waals surface area (Å²) in [6, 6.07) is 4.83. The molecule has 0 aliphatic heterocycles. The number of aromatic amines is 1. The second kappa shape index (κ2) is 4.97. The highest BCUT2D eigenvalue weighted by Gasteiger charge is 2.07. The Bertz CT molecular complexity index is 534. The summed E-state index contributed by atoms with van der Waals surface area (Å²) < 4.78 is 0. The van der Waals surface area contributed by atoms with Crippen LogP contribution in [0, 0.1) is 0 Å². The van der Waals surface area contributed by atoms with Gasteiger partial charge in [0.15, 0.2) is 0 Å². The van der Waals surface area contributed by atoms with Gasteiger partial charge in [-0.15, -0.1) is 0 Å². The van der Waals surface area contributed by atoms with Gasteiger partial charge in [-0.05, 0) is 31.0 Å². The van der Waals surface area contributed by atoms with Gasteiger partial charge < -0.3 is 15.2 Å². The Kier molecular flexibility index (Phi) is 3.39. The molecule has 0 unspecified atom stereocenters. The van der Waals surface area contributed by atoms with Gasteiger partial charge in [0.05, 0.1) is 16.6 Å². The molecule has 0 bridgehead atoms. The fourth-order valence-electron chi connectivity index (χ4n) is 1.72. The van der Waals surface area contributed by atoms with Crippen molar-refractivity contribution < 1.29 is 15.0 Å². The number of carbonyl (C=O) groups is 1. The molecule has 1 heterocycles. The van der Waals surface area contributed by atoms with E-state index in [2.05, 4.69) is 9.97 Å². The Morgan fingerprint density at radius 2 is 2.18 bits per heavy atom. The molecule has 17 heavy (non-hydrogen) atoms. The molecule has 0 spiro atoms. The quantitative estimate of drug-likeness (QED) is 0.685. The summed E-state index contributed by atoms with van der Waals surface area (Å²) in [6.45, 7) is 0.184. The lowest BCUT2D eigenvalue weighted by atomic mass is 10.2. The number of rotatable bonds is 5. The van der Waals surface area contributed by atoms with Crippen molar-refractivity contribution >= 4 is 17.0 Å². The van der Waals surface area contributed by atoms with Crippen LogP contribution in [0.1, 0.15) is 29.0 Å². The van der Waals surface area contributed by atoms with Gasteiger partial charge in [0.1, 0.15) is 5.82 Å². The molecule has 1 aromatic heterocycles. The van der Waals surface area contributed by atoms with Gasteiger partial charge in [-0.3, -0.25) is 0 Å². The Morgan fingerprint density at radius 1 is 1.35 bits per heavy atom. The summed E-state index contributed by atoms with van der Waals surface area (Å²) in [5.74, 6) is -0.112. The molecule has 90 valence electrons. The van der Waals surface area contributed by atoms with Crippen molar-refractivity contribution in [1.82, 2.24) is 9.97 Å². The van der Waals surface area contributed by atoms with E-state index in [1.54, 1.807) is 18.2 Å². The number of fused-ring (bicyclic) bond motifs is 1. The lowest BCUT2D eigenvalue weighted by Gasteiger charge is -1.93. The predicted molar refractivity (Wildman–Crippen MR) is 63.1 cm³/mol. The molecule has 0 saturated heterocycles. The van der Waals surface area contributed by atoms with Crippen molar-refractivity contribution in [3.05, 3.63) is 29.6 Å². The Morgan fingerprint density at radius 3 is 2.88 bits per heavy atom. The summed E-state index contributed by atoms with van der Waals surface area (Å²) in [7, 11) is 0. The van der Waals surface area contributed by atoms with Crippen LogP contribution in [-0.2, 0) is 6.42 Å². The predicted octanol–water partition coefficient (Wildman–Crippen LogP) is 1.58. The van der Waals surface area contributed by atoms with E-state index in [1.165, 1.54) is 0 Å². The highest BCUT2D eigenvalue weighted by Crippen LogP contribution is 2.15. The zero-order chi connectivity index (χ0) is 12.3. The number of imidazole rings is 1. The molecule has 1 aromatic carbocycles. The summed E-state index contributed by atoms with van der Waals surface area (Å²) in [4.78, 5) is 18.2. The normalized spacial score (nSPS) is 10.9. The van der Waals surface area contributed by atoms with E-state index in [0.29, 0.717) is 0 Å². The van der Waals surface area contributed by atoms with E-state index < -0.39 is 5.97 Å². The number of hydrogen-bond acceptors (Lipinski definition) is 3. The minimum atomic E-state index is -0.941. The molecule has 5 heteroatoms. The minimum absolute atomic E-state index is 0.184. The second-order valence-electron chi connectivity index (χ2n) is 3.90. The molecule has 5 nitrogen and oxygen atoms in total. The molecule has 2 rings (SSSR count). The molecule has 2 aromatic rings. The number of H-pyrrole nitrogens is 1. The molecular weight excluding hydrogens is 220 g/mol. The van der Waals surface area contributed by atoms with Crippen molar-refractivity contribution in [2.75, 3.05) is 6.61 Å². The van der Waals surface area contributed by atoms with Crippen LogP contribution in [0.2, 0.25) is 0 Å². The highest BCUT2D eigenvalue weighted by molar-refractivity contribution is 5.92. The van der Waals surface area contributed by atoms with Crippen molar-refractivity contribution in [2.45, 2.75) is 19.3 Å². The van der Waals surface area contributed by atoms with Crippen LogP contribution in [-0.4, -0.2) is 32.8 Å². The number of carboxylic acids is 1. The van der Waals surface area contributed by atoms with Crippen LogP contribution in [0.25, 0.3) is 11.0 Å². The number of aliphatic hydroxyl groups excluding tert-OH is 1. The van der Waals surface area contributed by atoms with Crippen molar-refractivity contribution in [3.63, 3.8) is 0 Å². The summed E-state index contributed by atoms with van der Waals surface area (Å²) >= 11 is 0. The number of unbranched alkanes of at least 4 members (excludes halogenated alkanes) is 1. The van der Waals surface area contributed by atoms with Crippen LogP contribution >= 0.6 is 0 Å². The van der Waals surface area contributed by atoms with Gasteiger partial charge in [-0.1, -0.05) is 0 Å². The van der Waals surface area contributed by atoms with Crippen LogP contribution < -0.4 is 0 Å². The maximum absolute atomic E-state index is 10.8. The maximum atomic E-state index is 10.8. The second-order valence-corrected chi connectivity index (χ2v) is 3.90. The molecule has 3 N–H and O–H groups in total. The van der Waals surface area contributed by atoms with Gasteiger partial charge in [-0.2, -0.15) is 0 Å². The first-order valence-electron chi connectivity index (χ1n) is 5.53. The number of aryl methyl sites for hydroxylation is 1. The summed E-state index contributed by atoms with van der Waals surface area (Å²) in [5, 5.41) is 17.5. The van der Waals surface area contributed by atoms with Gasteiger partial charge in [0.2, 0.25) is 0 Å². The standard InChI is InChI=1S/C12H14N2O3/c15-6-2-1-3-11-13-9-5-4-8(12(16)17)7-10(9)14-11/h4-5,7,15H,1-3,6H2,(H,13,14)(H,16,17). The first-order chi connectivity index (χ1) is 8.20. The van der Waals surface area contributed by atoms with E-state index in [4.69, 9.17) is 10.2 Å². The third-order valence-electron chi connectivity index (χ3n) is 2.60. The van der Waals surface area contributed by atoms with Gasteiger partial charge in [0, 0.05) is 13.0 Å². The maximum Gasteiger partial charge on any atom is 0.335 e. The molecule has 0 aliphatic carbocycles. The van der Waals surface area contributed by atoms with Gasteiger partial charge >= 0.3 is 5.97 Å². The average molecular weight is 234 g/mol. The first-order valence-corrected chi connectivity index (χ1v) is 5.53. The smallest absolute Gasteiger partial charge is 0.335 e. The van der Waals surface area contributed by atoms with Crippen molar-refractivity contribution in [3.8, 4) is 0 Å². The average Bonchev–Trinajstić information content (AvgIpc) is 2.70. The fraction of sp³-hybridized carbons (Fsp3) is 0.333. The van der Waals surface area contributed by atoms with Crippen LogP contribution in [0.5, 0.6) is 0 Å². The third kappa shape index (κ3) is 2.62. The Hall–Kier alpha value is -1.88. The zero-order valence-corrected chi connectivity index (χ0v) is 9.31. The van der Waals surface area contributed by atoms with Crippen molar-refractivity contribution in [2.24, 2.45) is 0 Å². The molecule has 0 fully saturated rings. The molecule has 0 amide bonds. The minimum Gasteiger partial charge on any atom is -0.478 e. The van der Waals surface area contributed by atoms with E-state index in [9.17, 15) is 4.79 Å². The molecule has 0 atom stereocenters.